The molecule has 5 nitrogen and oxygen atoms in total. The molecule has 1 N–H and O–H groups in total. The minimum atomic E-state index is -1.04. The van der Waals surface area contributed by atoms with Crippen molar-refractivity contribution in [3.8, 4) is 0 Å². The maximum atomic E-state index is 12.7. The number of amides is 1. The highest BCUT2D eigenvalue weighted by molar-refractivity contribution is 5.97. The number of hydrogen-bond donors (Lipinski definition) is 1. The van der Waals surface area contributed by atoms with Gasteiger partial charge in [0.2, 0.25) is 0 Å². The second-order valence-corrected chi connectivity index (χ2v) is 5.04. The standard InChI is InChI=1S/C17H19NO4/c1-3-15-14(9-10-22-15)16(19)18(12(2)17(20)21)11-13-7-5-4-6-8-13/h4-10,12H,3,11H2,1-2H3,(H,20,21). The van der Waals surface area contributed by atoms with E-state index in [9.17, 15) is 14.7 Å². The Balaban J connectivity index is 2.32. The number of carboxylic acids is 1. The molecule has 5 heteroatoms. The van der Waals surface area contributed by atoms with Crippen LogP contribution in [0, 0.1) is 0 Å². The number of aliphatic carboxylic acids is 1. The van der Waals surface area contributed by atoms with E-state index in [2.05, 4.69) is 0 Å². The van der Waals surface area contributed by atoms with Gasteiger partial charge in [-0.25, -0.2) is 4.79 Å². The second kappa shape index (κ2) is 6.93. The van der Waals surface area contributed by atoms with Crippen LogP contribution in [-0.4, -0.2) is 27.9 Å². The van der Waals surface area contributed by atoms with Crippen molar-refractivity contribution in [3.63, 3.8) is 0 Å². The lowest BCUT2D eigenvalue weighted by atomic mass is 10.1. The van der Waals surface area contributed by atoms with Crippen molar-refractivity contribution in [2.45, 2.75) is 32.9 Å². The van der Waals surface area contributed by atoms with E-state index in [0.29, 0.717) is 17.7 Å². The van der Waals surface area contributed by atoms with Gasteiger partial charge in [0.1, 0.15) is 11.8 Å². The smallest absolute Gasteiger partial charge is 0.326 e. The fraction of sp³-hybridized carbons (Fsp3) is 0.294. The predicted octanol–water partition coefficient (Wildman–Crippen LogP) is 2.96. The lowest BCUT2D eigenvalue weighted by Gasteiger charge is -2.26. The Kier molecular flexibility index (Phi) is 4.99. The summed E-state index contributed by atoms with van der Waals surface area (Å²) < 4.78 is 5.28. The summed E-state index contributed by atoms with van der Waals surface area (Å²) in [6.45, 7) is 3.63. The zero-order valence-corrected chi connectivity index (χ0v) is 12.7. The van der Waals surface area contributed by atoms with Crippen LogP contribution in [0.25, 0.3) is 0 Å². The van der Waals surface area contributed by atoms with Crippen molar-refractivity contribution < 1.29 is 19.1 Å². The first kappa shape index (κ1) is 15.8. The number of carbonyl (C=O) groups excluding carboxylic acids is 1. The molecule has 1 amide bonds. The van der Waals surface area contributed by atoms with Gasteiger partial charge in [0.05, 0.1) is 11.8 Å². The molecule has 1 atom stereocenters. The molecular formula is C17H19NO4. The van der Waals surface area contributed by atoms with E-state index in [1.165, 1.54) is 18.1 Å². The fourth-order valence-electron chi connectivity index (χ4n) is 2.26. The predicted molar refractivity (Wildman–Crippen MR) is 81.5 cm³/mol. The Hall–Kier alpha value is -2.56. The fourth-order valence-corrected chi connectivity index (χ4v) is 2.26. The molecule has 0 bridgehead atoms. The molecule has 22 heavy (non-hydrogen) atoms. The highest BCUT2D eigenvalue weighted by Gasteiger charge is 2.28. The van der Waals surface area contributed by atoms with Crippen molar-refractivity contribution >= 4 is 11.9 Å². The number of nitrogens with zero attached hydrogens (tertiary/aromatic N) is 1. The maximum absolute atomic E-state index is 12.7. The summed E-state index contributed by atoms with van der Waals surface area (Å²) in [6.07, 6.45) is 2.03. The molecule has 0 aliphatic carbocycles. The van der Waals surface area contributed by atoms with E-state index < -0.39 is 12.0 Å². The van der Waals surface area contributed by atoms with Gasteiger partial charge in [0.15, 0.2) is 0 Å². The average Bonchev–Trinajstić information content (AvgIpc) is 3.00. The Morgan fingerprint density at radius 1 is 1.23 bits per heavy atom. The quantitative estimate of drug-likeness (QED) is 0.890. The third-order valence-electron chi connectivity index (χ3n) is 3.58. The number of carboxylic acid groups (broad SMARTS) is 1. The van der Waals surface area contributed by atoms with E-state index in [4.69, 9.17) is 4.42 Å². The number of furan rings is 1. The van der Waals surface area contributed by atoms with Crippen LogP contribution in [0.2, 0.25) is 0 Å². The summed E-state index contributed by atoms with van der Waals surface area (Å²) in [5.74, 6) is -0.796. The summed E-state index contributed by atoms with van der Waals surface area (Å²) in [4.78, 5) is 25.4. The van der Waals surface area contributed by atoms with Crippen molar-refractivity contribution in [3.05, 3.63) is 59.5 Å². The number of rotatable bonds is 6. The topological polar surface area (TPSA) is 70.8 Å². The van der Waals surface area contributed by atoms with Crippen LogP contribution in [0.1, 0.15) is 35.5 Å². The third kappa shape index (κ3) is 3.36. The molecule has 1 unspecified atom stereocenters. The highest BCUT2D eigenvalue weighted by atomic mass is 16.4. The largest absolute Gasteiger partial charge is 0.480 e. The third-order valence-corrected chi connectivity index (χ3v) is 3.58. The molecule has 0 aliphatic rings. The van der Waals surface area contributed by atoms with Crippen LogP contribution < -0.4 is 0 Å². The normalized spacial score (nSPS) is 11.9. The molecule has 2 aromatic rings. The monoisotopic (exact) mass is 301 g/mol. The zero-order chi connectivity index (χ0) is 16.1. The highest BCUT2D eigenvalue weighted by Crippen LogP contribution is 2.18. The molecule has 0 fully saturated rings. The Labute approximate surface area is 129 Å². The van der Waals surface area contributed by atoms with Gasteiger partial charge in [-0.3, -0.25) is 4.79 Å². The van der Waals surface area contributed by atoms with Crippen molar-refractivity contribution in [1.82, 2.24) is 4.90 Å². The van der Waals surface area contributed by atoms with Crippen molar-refractivity contribution in [1.29, 1.82) is 0 Å². The molecule has 0 radical (unpaired) electrons. The van der Waals surface area contributed by atoms with Crippen LogP contribution in [0.5, 0.6) is 0 Å². The lowest BCUT2D eigenvalue weighted by molar-refractivity contribution is -0.141. The van der Waals surface area contributed by atoms with Gasteiger partial charge >= 0.3 is 5.97 Å². The van der Waals surface area contributed by atoms with Crippen LogP contribution in [0.4, 0.5) is 0 Å². The van der Waals surface area contributed by atoms with E-state index in [1.807, 2.05) is 37.3 Å². The molecular weight excluding hydrogens is 282 g/mol. The summed E-state index contributed by atoms with van der Waals surface area (Å²) in [5, 5.41) is 9.29. The summed E-state index contributed by atoms with van der Waals surface area (Å²) >= 11 is 0. The molecule has 1 aromatic carbocycles. The summed E-state index contributed by atoms with van der Waals surface area (Å²) in [6, 6.07) is 10.00. The number of aryl methyl sites for hydroxylation is 1. The average molecular weight is 301 g/mol. The Bertz CT molecular complexity index is 648. The van der Waals surface area contributed by atoms with E-state index in [0.717, 1.165) is 5.56 Å². The molecule has 2 rings (SSSR count). The van der Waals surface area contributed by atoms with E-state index in [-0.39, 0.29) is 12.5 Å². The van der Waals surface area contributed by atoms with Crippen LogP contribution in [0.3, 0.4) is 0 Å². The lowest BCUT2D eigenvalue weighted by Crippen LogP contribution is -2.42. The van der Waals surface area contributed by atoms with Gasteiger partial charge in [0.25, 0.3) is 5.91 Å². The van der Waals surface area contributed by atoms with E-state index >= 15 is 0 Å². The Morgan fingerprint density at radius 3 is 2.50 bits per heavy atom. The zero-order valence-electron chi connectivity index (χ0n) is 12.7. The molecule has 1 heterocycles. The number of benzene rings is 1. The first-order valence-corrected chi connectivity index (χ1v) is 7.18. The first-order chi connectivity index (χ1) is 10.5. The summed E-state index contributed by atoms with van der Waals surface area (Å²) in [5.41, 5.74) is 1.30. The SMILES string of the molecule is CCc1occc1C(=O)N(Cc1ccccc1)C(C)C(=O)O. The maximum Gasteiger partial charge on any atom is 0.326 e. The van der Waals surface area contributed by atoms with E-state index in [1.54, 1.807) is 6.07 Å². The van der Waals surface area contributed by atoms with Crippen molar-refractivity contribution in [2.24, 2.45) is 0 Å². The van der Waals surface area contributed by atoms with Gasteiger partial charge < -0.3 is 14.4 Å². The van der Waals surface area contributed by atoms with Gasteiger partial charge in [-0.1, -0.05) is 37.3 Å². The van der Waals surface area contributed by atoms with Gasteiger partial charge in [-0.15, -0.1) is 0 Å². The molecule has 1 aromatic heterocycles. The van der Waals surface area contributed by atoms with Gasteiger partial charge in [-0.2, -0.15) is 0 Å². The minimum absolute atomic E-state index is 0.238. The molecule has 0 saturated carbocycles. The summed E-state index contributed by atoms with van der Waals surface area (Å²) in [7, 11) is 0. The molecule has 0 spiro atoms. The number of carbonyl (C=O) groups is 2. The van der Waals surface area contributed by atoms with Crippen LogP contribution in [0.15, 0.2) is 47.1 Å². The second-order valence-electron chi connectivity index (χ2n) is 5.04. The minimum Gasteiger partial charge on any atom is -0.480 e. The van der Waals surface area contributed by atoms with Gasteiger partial charge in [0, 0.05) is 13.0 Å². The molecule has 116 valence electrons. The first-order valence-electron chi connectivity index (χ1n) is 7.18. The number of hydrogen-bond acceptors (Lipinski definition) is 3. The Morgan fingerprint density at radius 2 is 1.91 bits per heavy atom. The van der Waals surface area contributed by atoms with Crippen molar-refractivity contribution in [2.75, 3.05) is 0 Å². The van der Waals surface area contributed by atoms with Crippen LogP contribution >= 0.6 is 0 Å². The van der Waals surface area contributed by atoms with Gasteiger partial charge in [-0.05, 0) is 18.6 Å². The van der Waals surface area contributed by atoms with Crippen LogP contribution in [-0.2, 0) is 17.8 Å². The molecule has 0 aliphatic heterocycles. The molecule has 0 saturated heterocycles.